The van der Waals surface area contributed by atoms with Crippen LogP contribution in [0.5, 0.6) is 0 Å². The number of hydrogen-bond donors (Lipinski definition) is 1. The standard InChI is InChI=1S/C6H10F3NO3/c1-3-5(11,6(7,8)9)4(2)10(12)13/h4,11H,3H2,1-2H3/i4D. The van der Waals surface area contributed by atoms with Gasteiger partial charge in [0, 0.05) is 11.8 Å². The summed E-state index contributed by atoms with van der Waals surface area (Å²) in [5.41, 5.74) is -3.64. The molecular formula is C6H10F3NO3. The molecule has 0 aromatic carbocycles. The number of alkyl halides is 3. The smallest absolute Gasteiger partial charge is 0.375 e. The highest BCUT2D eigenvalue weighted by Gasteiger charge is 2.61. The monoisotopic (exact) mass is 202 g/mol. The van der Waals surface area contributed by atoms with Crippen molar-refractivity contribution in [2.45, 2.75) is 38.1 Å². The Morgan fingerprint density at radius 3 is 2.15 bits per heavy atom. The number of halogens is 3. The van der Waals surface area contributed by atoms with Gasteiger partial charge in [-0.2, -0.15) is 13.2 Å². The fraction of sp³-hybridized carbons (Fsp3) is 1.00. The van der Waals surface area contributed by atoms with Crippen molar-refractivity contribution < 1.29 is 24.6 Å². The second-order valence-corrected chi connectivity index (χ2v) is 2.55. The molecule has 0 aromatic heterocycles. The first-order valence-corrected chi connectivity index (χ1v) is 3.44. The van der Waals surface area contributed by atoms with E-state index in [1.807, 2.05) is 0 Å². The average molecular weight is 202 g/mol. The van der Waals surface area contributed by atoms with Crippen LogP contribution in [-0.4, -0.2) is 27.8 Å². The van der Waals surface area contributed by atoms with Crippen LogP contribution in [0.15, 0.2) is 0 Å². The van der Waals surface area contributed by atoms with Crippen molar-refractivity contribution in [3.8, 4) is 0 Å². The van der Waals surface area contributed by atoms with E-state index in [0.29, 0.717) is 6.92 Å². The molecule has 0 saturated heterocycles. The number of hydrogen-bond acceptors (Lipinski definition) is 3. The summed E-state index contributed by atoms with van der Waals surface area (Å²) in [6, 6.07) is -3.21. The van der Waals surface area contributed by atoms with Gasteiger partial charge in [-0.1, -0.05) is 6.92 Å². The van der Waals surface area contributed by atoms with E-state index in [1.165, 1.54) is 0 Å². The molecule has 0 aliphatic rings. The highest BCUT2D eigenvalue weighted by Crippen LogP contribution is 2.36. The molecule has 0 radical (unpaired) electrons. The normalized spacial score (nSPS) is 22.8. The van der Waals surface area contributed by atoms with Crippen LogP contribution in [0.3, 0.4) is 0 Å². The van der Waals surface area contributed by atoms with Gasteiger partial charge < -0.3 is 5.11 Å². The van der Waals surface area contributed by atoms with Crippen molar-refractivity contribution in [2.24, 2.45) is 0 Å². The van der Waals surface area contributed by atoms with Crippen LogP contribution in [0.2, 0.25) is 0 Å². The largest absolute Gasteiger partial charge is 0.424 e. The van der Waals surface area contributed by atoms with E-state index in [4.69, 9.17) is 6.48 Å². The van der Waals surface area contributed by atoms with Gasteiger partial charge in [0.1, 0.15) is 1.37 Å². The van der Waals surface area contributed by atoms with E-state index in [9.17, 15) is 23.3 Å². The summed E-state index contributed by atoms with van der Waals surface area (Å²) in [5.74, 6) is 0. The zero-order valence-corrected chi connectivity index (χ0v) is 7.05. The van der Waals surface area contributed by atoms with Crippen LogP contribution < -0.4 is 0 Å². The number of nitro groups is 1. The second kappa shape index (κ2) is 3.49. The van der Waals surface area contributed by atoms with E-state index >= 15 is 0 Å². The molecule has 1 N–H and O–H groups in total. The molecule has 2 unspecified atom stereocenters. The predicted molar refractivity (Wildman–Crippen MR) is 37.8 cm³/mol. The molecule has 0 amide bonds. The summed E-state index contributed by atoms with van der Waals surface area (Å²) in [7, 11) is 0. The van der Waals surface area contributed by atoms with E-state index < -0.39 is 29.1 Å². The molecule has 7 heteroatoms. The topological polar surface area (TPSA) is 63.4 Å². The van der Waals surface area contributed by atoms with Crippen LogP contribution in [0, 0.1) is 10.1 Å². The molecule has 2 atom stereocenters. The first kappa shape index (κ1) is 10.2. The van der Waals surface area contributed by atoms with Crippen LogP contribution in [0.1, 0.15) is 21.6 Å². The predicted octanol–water partition coefficient (Wildman–Crippen LogP) is 1.35. The maximum absolute atomic E-state index is 12.3. The van der Waals surface area contributed by atoms with Gasteiger partial charge in [-0.25, -0.2) is 0 Å². The lowest BCUT2D eigenvalue weighted by Gasteiger charge is -2.29. The lowest BCUT2D eigenvalue weighted by Crippen LogP contribution is -2.55. The molecule has 0 aliphatic heterocycles. The first-order valence-electron chi connectivity index (χ1n) is 3.94. The van der Waals surface area contributed by atoms with Crippen molar-refractivity contribution in [2.75, 3.05) is 0 Å². The zero-order valence-electron chi connectivity index (χ0n) is 8.05. The van der Waals surface area contributed by atoms with Crippen LogP contribution in [0.4, 0.5) is 13.2 Å². The Balaban J connectivity index is 5.36. The summed E-state index contributed by atoms with van der Waals surface area (Å²) in [6.07, 6.45) is -6.15. The van der Waals surface area contributed by atoms with Crippen LogP contribution in [0.25, 0.3) is 0 Å². The average Bonchev–Trinajstić information content (AvgIpc) is 2.00. The third-order valence-electron chi connectivity index (χ3n) is 1.85. The lowest BCUT2D eigenvalue weighted by molar-refractivity contribution is -0.555. The number of nitrogens with zero attached hydrogens (tertiary/aromatic N) is 1. The maximum Gasteiger partial charge on any atom is 0.424 e. The van der Waals surface area contributed by atoms with E-state index in [0.717, 1.165) is 6.92 Å². The van der Waals surface area contributed by atoms with Gasteiger partial charge in [0.15, 0.2) is 0 Å². The third-order valence-corrected chi connectivity index (χ3v) is 1.85. The first-order chi connectivity index (χ1) is 6.00. The highest BCUT2D eigenvalue weighted by atomic mass is 19.4. The Kier molecular flexibility index (Phi) is 2.74. The molecular weight excluding hydrogens is 191 g/mol. The molecule has 0 fully saturated rings. The van der Waals surface area contributed by atoms with E-state index in [2.05, 4.69) is 0 Å². The highest BCUT2D eigenvalue weighted by molar-refractivity contribution is 4.90. The summed E-state index contributed by atoms with van der Waals surface area (Å²) in [5, 5.41) is 19.3. The molecule has 4 nitrogen and oxygen atoms in total. The Bertz CT molecular complexity index is 243. The van der Waals surface area contributed by atoms with Gasteiger partial charge in [-0.05, 0) is 6.42 Å². The van der Waals surface area contributed by atoms with Crippen LogP contribution in [-0.2, 0) is 0 Å². The van der Waals surface area contributed by atoms with E-state index in [1.54, 1.807) is 0 Å². The summed E-state index contributed by atoms with van der Waals surface area (Å²) in [6.45, 7) is 1.35. The van der Waals surface area contributed by atoms with Gasteiger partial charge >= 0.3 is 6.18 Å². The van der Waals surface area contributed by atoms with E-state index in [-0.39, 0.29) is 0 Å². The van der Waals surface area contributed by atoms with Gasteiger partial charge in [0.2, 0.25) is 11.6 Å². The van der Waals surface area contributed by atoms with Crippen molar-refractivity contribution in [3.63, 3.8) is 0 Å². The lowest BCUT2D eigenvalue weighted by atomic mass is 9.92. The van der Waals surface area contributed by atoms with Crippen molar-refractivity contribution in [1.29, 1.82) is 0 Å². The number of aliphatic hydroxyl groups is 1. The molecule has 78 valence electrons. The zero-order chi connectivity index (χ0) is 11.8. The Morgan fingerprint density at radius 1 is 1.69 bits per heavy atom. The summed E-state index contributed by atoms with van der Waals surface area (Å²) < 4.78 is 43.8. The summed E-state index contributed by atoms with van der Waals surface area (Å²) in [4.78, 5) is 8.78. The maximum atomic E-state index is 12.3. The van der Waals surface area contributed by atoms with Crippen molar-refractivity contribution in [3.05, 3.63) is 10.1 Å². The fourth-order valence-electron chi connectivity index (χ4n) is 0.812. The van der Waals surface area contributed by atoms with Gasteiger partial charge in [-0.3, -0.25) is 10.1 Å². The second-order valence-electron chi connectivity index (χ2n) is 2.55. The minimum Gasteiger partial charge on any atom is -0.375 e. The molecule has 0 heterocycles. The quantitative estimate of drug-likeness (QED) is 0.555. The molecule has 0 saturated carbocycles. The SMILES string of the molecule is [2H]C(C)([N+](=O)[O-])C(O)(CC)C(F)(F)F. The third kappa shape index (κ3) is 2.09. The molecule has 0 aliphatic carbocycles. The Hall–Kier alpha value is -0.850. The van der Waals surface area contributed by atoms with Crippen LogP contribution >= 0.6 is 0 Å². The summed E-state index contributed by atoms with van der Waals surface area (Å²) >= 11 is 0. The van der Waals surface area contributed by atoms with Crippen molar-refractivity contribution in [1.82, 2.24) is 0 Å². The molecule has 0 rings (SSSR count). The minimum absolute atomic E-state index is 0.421. The Morgan fingerprint density at radius 2 is 2.08 bits per heavy atom. The van der Waals surface area contributed by atoms with Gasteiger partial charge in [0.05, 0.1) is 0 Å². The minimum atomic E-state index is -5.20. The fourth-order valence-corrected chi connectivity index (χ4v) is 0.812. The molecule has 13 heavy (non-hydrogen) atoms. The Labute approximate surface area is 73.9 Å². The number of rotatable bonds is 3. The van der Waals surface area contributed by atoms with Gasteiger partial charge in [-0.15, -0.1) is 0 Å². The van der Waals surface area contributed by atoms with Gasteiger partial charge in [0.25, 0.3) is 0 Å². The molecule has 0 aromatic rings. The van der Waals surface area contributed by atoms with Crippen molar-refractivity contribution >= 4 is 0 Å². The molecule has 0 bridgehead atoms. The molecule has 0 spiro atoms.